The highest BCUT2D eigenvalue weighted by Gasteiger charge is 2.62. The lowest BCUT2D eigenvalue weighted by atomic mass is 9.77. The number of para-hydroxylation sites is 2. The van der Waals surface area contributed by atoms with Crippen LogP contribution in [-0.4, -0.2) is 21.5 Å². The van der Waals surface area contributed by atoms with Crippen LogP contribution in [0.15, 0.2) is 59.8 Å². The molecule has 33 heavy (non-hydrogen) atoms. The second kappa shape index (κ2) is 6.54. The molecule has 2 aromatic carbocycles. The topological polar surface area (TPSA) is 26.4 Å². The first kappa shape index (κ1) is 20.2. The lowest BCUT2D eigenvalue weighted by Crippen LogP contribution is -2.65. The van der Waals surface area contributed by atoms with E-state index in [0.717, 1.165) is 22.9 Å². The molecular formula is C28H29BN2O2. The van der Waals surface area contributed by atoms with Crippen molar-refractivity contribution in [3.8, 4) is 11.5 Å². The molecule has 0 N–H and O–H groups in total. The van der Waals surface area contributed by atoms with Crippen molar-refractivity contribution in [3.05, 3.63) is 99.0 Å². The summed E-state index contributed by atoms with van der Waals surface area (Å²) in [6.07, 6.45) is 2.25. The zero-order chi connectivity index (χ0) is 23.2. The molecular weight excluding hydrogens is 407 g/mol. The minimum Gasteiger partial charge on any atom is -0.599 e. The normalized spacial score (nSPS) is 17.6. The number of hydrogen-bond acceptors (Lipinski definition) is 2. The van der Waals surface area contributed by atoms with Gasteiger partial charge in [0.2, 0.25) is 0 Å². The van der Waals surface area contributed by atoms with Gasteiger partial charge in [0, 0.05) is 24.3 Å². The van der Waals surface area contributed by atoms with Gasteiger partial charge in [0.25, 0.3) is 0 Å². The molecule has 4 nitrogen and oxygen atoms in total. The van der Waals surface area contributed by atoms with Crippen LogP contribution in [0.4, 0.5) is 0 Å². The minimum absolute atomic E-state index is 0.789. The SMILES string of the molecule is CC1=CC(C)=[N+]2C1=C(c1c(C)cc(C)cc1C)c1c(C)cc(C)n1[B-]21Oc2ccccc2O1. The first-order chi connectivity index (χ1) is 15.7. The molecule has 3 aromatic rings. The fraction of sp³-hybridized carbons (Fsp3) is 0.250. The van der Waals surface area contributed by atoms with Crippen LogP contribution in [0.1, 0.15) is 53.1 Å². The van der Waals surface area contributed by atoms with E-state index in [2.05, 4.69) is 81.7 Å². The van der Waals surface area contributed by atoms with Gasteiger partial charge in [-0.25, -0.2) is 0 Å². The third kappa shape index (κ3) is 2.51. The predicted octanol–water partition coefficient (Wildman–Crippen LogP) is 5.99. The fourth-order valence-corrected chi connectivity index (χ4v) is 6.36. The summed E-state index contributed by atoms with van der Waals surface area (Å²) in [4.78, 5) is 0. The molecule has 1 aromatic heterocycles. The molecule has 166 valence electrons. The molecule has 4 heterocycles. The van der Waals surface area contributed by atoms with Crippen molar-refractivity contribution in [3.63, 3.8) is 0 Å². The summed E-state index contributed by atoms with van der Waals surface area (Å²) in [6.45, 7) is 13.3. The Kier molecular flexibility index (Phi) is 3.99. The monoisotopic (exact) mass is 436 g/mol. The number of benzene rings is 2. The molecule has 0 fully saturated rings. The van der Waals surface area contributed by atoms with Gasteiger partial charge in [0.15, 0.2) is 5.70 Å². The summed E-state index contributed by atoms with van der Waals surface area (Å²) < 4.78 is 18.2. The Hall–Kier alpha value is -3.47. The number of nitrogens with zero attached hydrogens (tertiary/aromatic N) is 2. The molecule has 5 heteroatoms. The Morgan fingerprint density at radius 2 is 1.39 bits per heavy atom. The quantitative estimate of drug-likeness (QED) is 0.438. The highest BCUT2D eigenvalue weighted by atomic mass is 16.7. The van der Waals surface area contributed by atoms with Gasteiger partial charge >= 0.3 is 6.82 Å². The molecule has 0 bridgehead atoms. The van der Waals surface area contributed by atoms with Crippen LogP contribution in [0.5, 0.6) is 11.5 Å². The Bertz CT molecular complexity index is 1440. The van der Waals surface area contributed by atoms with Gasteiger partial charge < -0.3 is 18.3 Å². The van der Waals surface area contributed by atoms with Crippen molar-refractivity contribution in [2.24, 2.45) is 0 Å². The first-order valence-electron chi connectivity index (χ1n) is 11.7. The van der Waals surface area contributed by atoms with Crippen LogP contribution in [0.3, 0.4) is 0 Å². The Morgan fingerprint density at radius 3 is 2.00 bits per heavy atom. The zero-order valence-electron chi connectivity index (χ0n) is 20.4. The predicted molar refractivity (Wildman–Crippen MR) is 134 cm³/mol. The maximum Gasteiger partial charge on any atom is 0.780 e. The number of rotatable bonds is 1. The largest absolute Gasteiger partial charge is 0.780 e. The number of hydrogen-bond donors (Lipinski definition) is 0. The van der Waals surface area contributed by atoms with Crippen molar-refractivity contribution in [1.82, 2.24) is 4.48 Å². The molecule has 0 atom stereocenters. The fourth-order valence-electron chi connectivity index (χ4n) is 6.36. The van der Waals surface area contributed by atoms with Crippen molar-refractivity contribution in [2.75, 3.05) is 0 Å². The molecule has 0 unspecified atom stereocenters. The highest BCUT2D eigenvalue weighted by Crippen LogP contribution is 2.49. The van der Waals surface area contributed by atoms with E-state index in [-0.39, 0.29) is 0 Å². The molecule has 0 amide bonds. The van der Waals surface area contributed by atoms with Crippen LogP contribution < -0.4 is 9.31 Å². The van der Waals surface area contributed by atoms with Crippen LogP contribution >= 0.6 is 0 Å². The average Bonchev–Trinajstić information content (AvgIpc) is 3.35. The van der Waals surface area contributed by atoms with Gasteiger partial charge in [-0.3, -0.25) is 0 Å². The number of allylic oxidation sites excluding steroid dienone is 2. The molecule has 0 aliphatic carbocycles. The Balaban J connectivity index is 1.76. The van der Waals surface area contributed by atoms with Gasteiger partial charge in [0.05, 0.1) is 5.57 Å². The van der Waals surface area contributed by atoms with E-state index in [1.807, 2.05) is 24.3 Å². The second-order valence-corrected chi connectivity index (χ2v) is 9.84. The maximum absolute atomic E-state index is 6.79. The van der Waals surface area contributed by atoms with E-state index < -0.39 is 6.82 Å². The molecule has 0 saturated heterocycles. The smallest absolute Gasteiger partial charge is 0.599 e. The van der Waals surface area contributed by atoms with E-state index >= 15 is 0 Å². The molecule has 3 aliphatic heterocycles. The first-order valence-corrected chi connectivity index (χ1v) is 11.7. The van der Waals surface area contributed by atoms with Crippen LogP contribution in [0.2, 0.25) is 0 Å². The Morgan fingerprint density at radius 1 is 0.788 bits per heavy atom. The summed E-state index contributed by atoms with van der Waals surface area (Å²) in [5.74, 6) is 1.58. The minimum atomic E-state index is -2.02. The van der Waals surface area contributed by atoms with E-state index in [1.54, 1.807) is 0 Å². The average molecular weight is 436 g/mol. The second-order valence-electron chi connectivity index (χ2n) is 9.84. The number of aromatic nitrogens is 1. The van der Waals surface area contributed by atoms with E-state index in [1.165, 1.54) is 50.4 Å². The Labute approximate surface area is 195 Å². The molecule has 0 radical (unpaired) electrons. The van der Waals surface area contributed by atoms with Gasteiger partial charge in [0.1, 0.15) is 17.2 Å². The van der Waals surface area contributed by atoms with Crippen LogP contribution in [0.25, 0.3) is 5.57 Å². The highest BCUT2D eigenvalue weighted by molar-refractivity contribution is 6.62. The number of fused-ring (bicyclic) bond motifs is 5. The van der Waals surface area contributed by atoms with Crippen molar-refractivity contribution in [2.45, 2.75) is 48.5 Å². The van der Waals surface area contributed by atoms with Crippen molar-refractivity contribution >= 4 is 18.1 Å². The molecule has 3 aliphatic rings. The van der Waals surface area contributed by atoms with Gasteiger partial charge in [-0.2, -0.15) is 0 Å². The molecule has 0 saturated carbocycles. The third-order valence-corrected chi connectivity index (χ3v) is 7.30. The van der Waals surface area contributed by atoms with Crippen LogP contribution in [-0.2, 0) is 0 Å². The zero-order valence-corrected chi connectivity index (χ0v) is 20.4. The summed E-state index contributed by atoms with van der Waals surface area (Å²) >= 11 is 0. The molecule has 1 spiro atoms. The third-order valence-electron chi connectivity index (χ3n) is 7.30. The van der Waals surface area contributed by atoms with Crippen molar-refractivity contribution < 1.29 is 13.8 Å². The van der Waals surface area contributed by atoms with Gasteiger partial charge in [-0.1, -0.05) is 29.8 Å². The number of aryl methyl sites for hydroxylation is 5. The summed E-state index contributed by atoms with van der Waals surface area (Å²) in [6, 6.07) is 14.8. The van der Waals surface area contributed by atoms with E-state index in [0.29, 0.717) is 0 Å². The lowest BCUT2D eigenvalue weighted by molar-refractivity contribution is -0.369. The van der Waals surface area contributed by atoms with Gasteiger partial charge in [-0.15, -0.1) is 0 Å². The van der Waals surface area contributed by atoms with Crippen molar-refractivity contribution in [1.29, 1.82) is 0 Å². The van der Waals surface area contributed by atoms with E-state index in [9.17, 15) is 0 Å². The maximum atomic E-state index is 6.79. The molecule has 6 rings (SSSR count). The van der Waals surface area contributed by atoms with E-state index in [4.69, 9.17) is 9.31 Å². The summed E-state index contributed by atoms with van der Waals surface area (Å²) in [5, 5.41) is 0. The van der Waals surface area contributed by atoms with Crippen LogP contribution in [0, 0.1) is 34.6 Å². The summed E-state index contributed by atoms with van der Waals surface area (Å²) in [7, 11) is 0. The standard InChI is InChI=1S/C28H29BN2O2/c1-16-12-17(2)25(18(3)13-16)26-27-19(4)14-21(6)30(27)29(31-22(7)15-20(5)28(26)31)32-23-10-8-9-11-24(23)33-29/h8-15H,1-7H3. The van der Waals surface area contributed by atoms with Gasteiger partial charge in [-0.05, 0) is 87.7 Å². The lowest BCUT2D eigenvalue weighted by Gasteiger charge is -2.39. The summed E-state index contributed by atoms with van der Waals surface area (Å²) in [5.41, 5.74) is 13.5.